The summed E-state index contributed by atoms with van der Waals surface area (Å²) in [6.45, 7) is 2.81. The largest absolute Gasteiger partial charge is 0.487 e. The SMILES string of the molecule is COC(=O)[C@@]1(C)C[C@@H]2C[C@@H]2C[C@H]1C(=O)N1CCc2c(Cl)ccc(OCc3nnn(C)c3C(F)F)c2C1CN1CC2(CC2)CC1=O. The van der Waals surface area contributed by atoms with Crippen molar-refractivity contribution in [2.75, 3.05) is 26.7 Å². The second-order valence-electron chi connectivity index (χ2n) is 14.0. The van der Waals surface area contributed by atoms with E-state index in [9.17, 15) is 23.2 Å². The van der Waals surface area contributed by atoms with Crippen LogP contribution in [0.25, 0.3) is 0 Å². The number of nitrogens with zero attached hydrogens (tertiary/aromatic N) is 5. The van der Waals surface area contributed by atoms with Gasteiger partial charge >= 0.3 is 5.97 Å². The van der Waals surface area contributed by atoms with Crippen LogP contribution in [0.2, 0.25) is 5.02 Å². The van der Waals surface area contributed by atoms with Crippen LogP contribution in [0, 0.1) is 28.6 Å². The number of hydrogen-bond donors (Lipinski definition) is 0. The first-order valence-electron chi connectivity index (χ1n) is 15.7. The number of fused-ring (bicyclic) bond motifs is 2. The summed E-state index contributed by atoms with van der Waals surface area (Å²) in [5, 5.41) is 8.14. The summed E-state index contributed by atoms with van der Waals surface area (Å²) in [6.07, 6.45) is 2.38. The molecule has 1 unspecified atom stereocenters. The zero-order valence-corrected chi connectivity index (χ0v) is 26.5. The minimum absolute atomic E-state index is 0.0110. The third-order valence-corrected chi connectivity index (χ3v) is 11.5. The molecule has 5 atom stereocenters. The van der Waals surface area contributed by atoms with Crippen LogP contribution in [0.4, 0.5) is 8.78 Å². The number of rotatable bonds is 8. The molecule has 0 N–H and O–H groups in total. The van der Waals surface area contributed by atoms with Crippen LogP contribution in [0.5, 0.6) is 5.75 Å². The standard InChI is InChI=1S/C32H38ClF2N5O5/c1-31(30(43)44-3)12-18-10-17(18)11-20(31)29(42)40-9-6-19-21(33)4-5-24(45-15-22-27(28(34)35)38(2)37-36-22)26(19)23(40)14-39-16-32(7-8-32)13-25(39)41/h4-5,17-18,20,23,28H,6-16H2,1-3H3/t17-,18+,20+,23?,31+/m1/s1. The number of benzene rings is 1. The second kappa shape index (κ2) is 10.9. The van der Waals surface area contributed by atoms with Crippen molar-refractivity contribution in [1.29, 1.82) is 0 Å². The Hall–Kier alpha value is -3.28. The summed E-state index contributed by atoms with van der Waals surface area (Å²) in [6, 6.07) is 2.78. The lowest BCUT2D eigenvalue weighted by Crippen LogP contribution is -2.53. The molecule has 1 aromatic carbocycles. The molecular formula is C32H38ClF2N5O5. The number of aromatic nitrogens is 3. The topological polar surface area (TPSA) is 107 Å². The van der Waals surface area contributed by atoms with Gasteiger partial charge in [-0.1, -0.05) is 16.8 Å². The Morgan fingerprint density at radius 2 is 1.98 bits per heavy atom. The van der Waals surface area contributed by atoms with E-state index in [0.29, 0.717) is 66.9 Å². The molecule has 0 radical (unpaired) electrons. The lowest BCUT2D eigenvalue weighted by molar-refractivity contribution is -0.165. The van der Waals surface area contributed by atoms with E-state index in [1.807, 2.05) is 11.8 Å². The highest BCUT2D eigenvalue weighted by Crippen LogP contribution is 2.60. The van der Waals surface area contributed by atoms with Gasteiger partial charge in [0.1, 0.15) is 23.7 Å². The summed E-state index contributed by atoms with van der Waals surface area (Å²) in [4.78, 5) is 44.8. The number of alkyl halides is 2. The summed E-state index contributed by atoms with van der Waals surface area (Å²) in [7, 11) is 2.77. The van der Waals surface area contributed by atoms with E-state index in [0.717, 1.165) is 29.5 Å². The molecule has 0 bridgehead atoms. The van der Waals surface area contributed by atoms with Gasteiger partial charge < -0.3 is 19.3 Å². The Kier molecular flexibility index (Phi) is 7.37. The minimum Gasteiger partial charge on any atom is -0.487 e. The zero-order chi connectivity index (χ0) is 31.8. The molecule has 1 aromatic heterocycles. The molecule has 242 valence electrons. The van der Waals surface area contributed by atoms with Gasteiger partial charge in [0.2, 0.25) is 11.8 Å². The van der Waals surface area contributed by atoms with Crippen molar-refractivity contribution in [3.05, 3.63) is 39.7 Å². The number of aryl methyl sites for hydroxylation is 1. The number of likely N-dealkylation sites (tertiary alicyclic amines) is 1. The number of carbonyl (C=O) groups is 3. The predicted molar refractivity (Wildman–Crippen MR) is 157 cm³/mol. The van der Waals surface area contributed by atoms with Crippen LogP contribution < -0.4 is 4.74 Å². The van der Waals surface area contributed by atoms with Crippen LogP contribution in [0.1, 0.15) is 80.4 Å². The Morgan fingerprint density at radius 1 is 1.20 bits per heavy atom. The maximum atomic E-state index is 14.7. The molecule has 3 aliphatic carbocycles. The van der Waals surface area contributed by atoms with Crippen molar-refractivity contribution in [3.8, 4) is 5.75 Å². The predicted octanol–water partition coefficient (Wildman–Crippen LogP) is 4.65. The highest BCUT2D eigenvalue weighted by molar-refractivity contribution is 6.31. The molecule has 2 aromatic rings. The number of carbonyl (C=O) groups excluding carboxylic acids is 3. The first-order valence-corrected chi connectivity index (χ1v) is 16.1. The van der Waals surface area contributed by atoms with Gasteiger partial charge in [-0.2, -0.15) is 0 Å². The van der Waals surface area contributed by atoms with E-state index in [1.54, 1.807) is 17.0 Å². The van der Waals surface area contributed by atoms with Crippen LogP contribution in [-0.2, 0) is 39.2 Å². The Bertz CT molecular complexity index is 1560. The summed E-state index contributed by atoms with van der Waals surface area (Å²) < 4.78 is 40.0. The molecule has 1 spiro atoms. The molecule has 4 fully saturated rings. The first kappa shape index (κ1) is 30.4. The molecule has 3 heterocycles. The van der Waals surface area contributed by atoms with Gasteiger partial charge in [0, 0.05) is 43.7 Å². The van der Waals surface area contributed by atoms with E-state index >= 15 is 0 Å². The summed E-state index contributed by atoms with van der Waals surface area (Å²) in [5.41, 5.74) is 0.196. The van der Waals surface area contributed by atoms with Crippen LogP contribution in [0.15, 0.2) is 12.1 Å². The number of amides is 2. The van der Waals surface area contributed by atoms with Gasteiger partial charge in [-0.05, 0) is 80.4 Å². The maximum Gasteiger partial charge on any atom is 0.312 e. The Labute approximate surface area is 265 Å². The fraction of sp³-hybridized carbons (Fsp3) is 0.656. The second-order valence-corrected chi connectivity index (χ2v) is 14.4. The Balaban J connectivity index is 1.26. The number of esters is 1. The third kappa shape index (κ3) is 5.16. The van der Waals surface area contributed by atoms with Crippen LogP contribution >= 0.6 is 11.6 Å². The van der Waals surface area contributed by atoms with Crippen molar-refractivity contribution in [1.82, 2.24) is 24.8 Å². The number of ether oxygens (including phenoxy) is 2. The normalized spacial score (nSPS) is 29.5. The van der Waals surface area contributed by atoms with Crippen LogP contribution in [-0.4, -0.2) is 69.3 Å². The maximum absolute atomic E-state index is 14.7. The monoisotopic (exact) mass is 645 g/mol. The van der Waals surface area contributed by atoms with Gasteiger partial charge in [-0.25, -0.2) is 13.5 Å². The zero-order valence-electron chi connectivity index (χ0n) is 25.7. The first-order chi connectivity index (χ1) is 21.4. The molecule has 45 heavy (non-hydrogen) atoms. The fourth-order valence-electron chi connectivity index (χ4n) is 8.28. The van der Waals surface area contributed by atoms with Gasteiger partial charge in [-0.3, -0.25) is 14.4 Å². The molecule has 2 aliphatic heterocycles. The van der Waals surface area contributed by atoms with Crippen molar-refractivity contribution in [3.63, 3.8) is 0 Å². The lowest BCUT2D eigenvalue weighted by atomic mass is 9.66. The number of halogens is 3. The molecule has 5 aliphatic rings. The highest BCUT2D eigenvalue weighted by Gasteiger charge is 2.59. The molecule has 3 saturated carbocycles. The lowest BCUT2D eigenvalue weighted by Gasteiger charge is -2.45. The average Bonchev–Trinajstić information content (AvgIpc) is 3.88. The van der Waals surface area contributed by atoms with E-state index in [-0.39, 0.29) is 47.7 Å². The molecule has 10 nitrogen and oxygen atoms in total. The smallest absolute Gasteiger partial charge is 0.312 e. The van der Waals surface area contributed by atoms with Crippen LogP contribution in [0.3, 0.4) is 0 Å². The van der Waals surface area contributed by atoms with Gasteiger partial charge in [0.05, 0.1) is 24.5 Å². The molecule has 7 rings (SSSR count). The number of hydrogen-bond acceptors (Lipinski definition) is 7. The van der Waals surface area contributed by atoms with Crippen molar-refractivity contribution >= 4 is 29.4 Å². The molecule has 1 saturated heterocycles. The number of methoxy groups -OCH3 is 1. The molecule has 2 amide bonds. The molecular weight excluding hydrogens is 608 g/mol. The van der Waals surface area contributed by atoms with Crippen molar-refractivity contribution in [2.45, 2.75) is 70.9 Å². The van der Waals surface area contributed by atoms with Gasteiger partial charge in [-0.15, -0.1) is 5.10 Å². The quantitative estimate of drug-likeness (QED) is 0.385. The van der Waals surface area contributed by atoms with E-state index in [2.05, 4.69) is 10.3 Å². The average molecular weight is 646 g/mol. The fourth-order valence-corrected chi connectivity index (χ4v) is 8.54. The van der Waals surface area contributed by atoms with Crippen molar-refractivity contribution in [2.24, 2.45) is 35.6 Å². The van der Waals surface area contributed by atoms with E-state index in [1.165, 1.54) is 14.2 Å². The molecule has 13 heteroatoms. The van der Waals surface area contributed by atoms with E-state index in [4.69, 9.17) is 21.1 Å². The van der Waals surface area contributed by atoms with E-state index < -0.39 is 23.8 Å². The van der Waals surface area contributed by atoms with Crippen molar-refractivity contribution < 1.29 is 32.6 Å². The third-order valence-electron chi connectivity index (χ3n) is 11.1. The van der Waals surface area contributed by atoms with Gasteiger partial charge in [0.25, 0.3) is 6.43 Å². The minimum atomic E-state index is -2.79. The Morgan fingerprint density at radius 3 is 2.67 bits per heavy atom. The summed E-state index contributed by atoms with van der Waals surface area (Å²) in [5.74, 6) is 0.177. The highest BCUT2D eigenvalue weighted by atomic mass is 35.5. The van der Waals surface area contributed by atoms with Gasteiger partial charge in [0.15, 0.2) is 0 Å². The summed E-state index contributed by atoms with van der Waals surface area (Å²) >= 11 is 6.75.